The van der Waals surface area contributed by atoms with E-state index >= 15 is 0 Å². The third-order valence-electron chi connectivity index (χ3n) is 4.02. The predicted molar refractivity (Wildman–Crippen MR) is 102 cm³/mol. The van der Waals surface area contributed by atoms with E-state index in [2.05, 4.69) is 9.98 Å². The smallest absolute Gasteiger partial charge is 0.226 e. The van der Waals surface area contributed by atoms with E-state index in [0.717, 1.165) is 30.1 Å². The normalized spacial score (nSPS) is 19.5. The lowest BCUT2D eigenvalue weighted by Gasteiger charge is -2.43. The van der Waals surface area contributed by atoms with E-state index in [1.54, 1.807) is 17.2 Å². The van der Waals surface area contributed by atoms with Gasteiger partial charge in [0.05, 0.1) is 13.2 Å². The Morgan fingerprint density at radius 3 is 2.60 bits per heavy atom. The molecule has 1 saturated heterocycles. The molecule has 1 fully saturated rings. The van der Waals surface area contributed by atoms with Crippen molar-refractivity contribution in [2.75, 3.05) is 24.7 Å². The Morgan fingerprint density at radius 2 is 1.88 bits per heavy atom. The molecule has 0 unspecified atom stereocenters. The van der Waals surface area contributed by atoms with E-state index in [0.29, 0.717) is 24.7 Å². The second-order valence-corrected chi connectivity index (χ2v) is 7.48. The molecule has 25 heavy (non-hydrogen) atoms. The third-order valence-corrected chi connectivity index (χ3v) is 5.26. The first-order valence-electron chi connectivity index (χ1n) is 8.18. The maximum Gasteiger partial charge on any atom is 0.226 e. The zero-order chi connectivity index (χ0) is 17.7. The van der Waals surface area contributed by atoms with E-state index in [-0.39, 0.29) is 11.9 Å². The lowest BCUT2D eigenvalue weighted by atomic mass is 10.0. The molecule has 0 aromatic heterocycles. The highest BCUT2D eigenvalue weighted by Crippen LogP contribution is 2.35. The lowest BCUT2D eigenvalue weighted by molar-refractivity contribution is -0.171. The molecule has 0 amide bonds. The molecule has 0 bridgehead atoms. The first-order chi connectivity index (χ1) is 12.1. The van der Waals surface area contributed by atoms with Crippen LogP contribution in [0.1, 0.15) is 19.3 Å². The number of nitrogens with zero attached hydrogens (tertiary/aromatic N) is 3. The first kappa shape index (κ1) is 18.2. The van der Waals surface area contributed by atoms with Crippen molar-refractivity contribution in [1.82, 2.24) is 5.06 Å². The van der Waals surface area contributed by atoms with E-state index in [1.807, 2.05) is 23.9 Å². The summed E-state index contributed by atoms with van der Waals surface area (Å²) >= 11 is 7.75. The third kappa shape index (κ3) is 4.50. The fourth-order valence-corrected chi connectivity index (χ4v) is 4.07. The number of rotatable bonds is 6. The van der Waals surface area contributed by atoms with Crippen molar-refractivity contribution in [1.29, 1.82) is 0 Å². The van der Waals surface area contributed by atoms with E-state index in [4.69, 9.17) is 32.6 Å². The quantitative estimate of drug-likeness (QED) is 0.731. The van der Waals surface area contributed by atoms with Gasteiger partial charge in [0.15, 0.2) is 5.66 Å². The summed E-state index contributed by atoms with van der Waals surface area (Å²) in [5.41, 5.74) is 11.3. The fourth-order valence-electron chi connectivity index (χ4n) is 2.79. The number of hydroxylamine groups is 2. The number of aliphatic imine (C=N–C) groups is 2. The minimum absolute atomic E-state index is 0.218. The fraction of sp³-hybridized carbons (Fsp3) is 0.500. The van der Waals surface area contributed by atoms with Gasteiger partial charge in [-0.25, -0.2) is 4.99 Å². The molecule has 0 radical (unpaired) electrons. The van der Waals surface area contributed by atoms with Gasteiger partial charge in [-0.2, -0.15) is 21.8 Å². The van der Waals surface area contributed by atoms with Gasteiger partial charge >= 0.3 is 0 Å². The van der Waals surface area contributed by atoms with Gasteiger partial charge in [-0.3, -0.25) is 4.84 Å². The van der Waals surface area contributed by atoms with Crippen LogP contribution in [0.3, 0.4) is 0 Å². The van der Waals surface area contributed by atoms with Crippen molar-refractivity contribution < 1.29 is 9.57 Å². The summed E-state index contributed by atoms with van der Waals surface area (Å²) in [6.07, 6.45) is 2.36. The van der Waals surface area contributed by atoms with Crippen molar-refractivity contribution in [3.05, 3.63) is 29.3 Å². The van der Waals surface area contributed by atoms with Crippen LogP contribution in [0.5, 0.6) is 5.75 Å². The van der Waals surface area contributed by atoms with Crippen molar-refractivity contribution >= 4 is 35.3 Å². The molecule has 1 aromatic rings. The number of thioether (sulfide) groups is 1. The molecule has 0 saturated carbocycles. The van der Waals surface area contributed by atoms with Crippen LogP contribution in [0.4, 0.5) is 0 Å². The van der Waals surface area contributed by atoms with Gasteiger partial charge in [-0.05, 0) is 35.8 Å². The van der Waals surface area contributed by atoms with Crippen LogP contribution in [0.15, 0.2) is 34.3 Å². The van der Waals surface area contributed by atoms with Gasteiger partial charge < -0.3 is 16.2 Å². The molecular weight excluding hydrogens is 362 g/mol. The molecule has 0 aliphatic carbocycles. The number of nitrogens with two attached hydrogens (primary N) is 2. The lowest BCUT2D eigenvalue weighted by Crippen LogP contribution is -2.58. The molecule has 2 aliphatic rings. The summed E-state index contributed by atoms with van der Waals surface area (Å²) in [5, 5.41) is 2.32. The molecule has 9 heteroatoms. The van der Waals surface area contributed by atoms with Crippen molar-refractivity contribution in [2.24, 2.45) is 21.5 Å². The number of ether oxygens (including phenoxy) is 1. The summed E-state index contributed by atoms with van der Waals surface area (Å²) in [5.74, 6) is 3.24. The minimum atomic E-state index is -0.530. The summed E-state index contributed by atoms with van der Waals surface area (Å²) in [7, 11) is 0. The van der Waals surface area contributed by atoms with Crippen LogP contribution < -0.4 is 16.2 Å². The standard InChI is InChI=1S/C16H22ClN5O2S/c17-12-2-4-13(5-3-12)23-8-1-9-24-22-15(19)20-14(18)21-16(22)6-10-25-11-7-16/h2-5H,1,6-11H2,(H4,18,19,20,21). The maximum atomic E-state index is 6.03. The highest BCUT2D eigenvalue weighted by atomic mass is 35.5. The molecule has 0 atom stereocenters. The molecule has 4 N–H and O–H groups in total. The van der Waals surface area contributed by atoms with Gasteiger partial charge in [0, 0.05) is 24.3 Å². The molecule has 1 spiro atoms. The van der Waals surface area contributed by atoms with Crippen molar-refractivity contribution in [3.8, 4) is 5.75 Å². The molecule has 1 aromatic carbocycles. The molecule has 136 valence electrons. The van der Waals surface area contributed by atoms with Crippen LogP contribution in [-0.2, 0) is 4.84 Å². The van der Waals surface area contributed by atoms with Gasteiger partial charge in [0.1, 0.15) is 5.75 Å². The molecular formula is C16H22ClN5O2S. The van der Waals surface area contributed by atoms with Gasteiger partial charge in [0.2, 0.25) is 11.9 Å². The first-order valence-corrected chi connectivity index (χ1v) is 9.71. The average Bonchev–Trinajstić information content (AvgIpc) is 2.59. The van der Waals surface area contributed by atoms with Crippen molar-refractivity contribution in [2.45, 2.75) is 24.9 Å². The predicted octanol–water partition coefficient (Wildman–Crippen LogP) is 2.21. The molecule has 2 aliphatic heterocycles. The van der Waals surface area contributed by atoms with Crippen LogP contribution in [0.2, 0.25) is 5.02 Å². The summed E-state index contributed by atoms with van der Waals surface area (Å²) < 4.78 is 5.66. The topological polar surface area (TPSA) is 98.5 Å². The Balaban J connectivity index is 1.50. The Kier molecular flexibility index (Phi) is 5.93. The highest BCUT2D eigenvalue weighted by Gasteiger charge is 2.43. The van der Waals surface area contributed by atoms with Gasteiger partial charge in [-0.1, -0.05) is 11.6 Å². The van der Waals surface area contributed by atoms with Crippen molar-refractivity contribution in [3.63, 3.8) is 0 Å². The van der Waals surface area contributed by atoms with E-state index in [1.165, 1.54) is 0 Å². The number of hydrogen-bond donors (Lipinski definition) is 2. The monoisotopic (exact) mass is 383 g/mol. The van der Waals surface area contributed by atoms with E-state index < -0.39 is 5.66 Å². The van der Waals surface area contributed by atoms with Crippen LogP contribution in [0, 0.1) is 0 Å². The largest absolute Gasteiger partial charge is 0.494 e. The number of halogens is 1. The second-order valence-electron chi connectivity index (χ2n) is 5.82. The Hall–Kier alpha value is -1.64. The van der Waals surface area contributed by atoms with Crippen LogP contribution >= 0.6 is 23.4 Å². The average molecular weight is 384 g/mol. The van der Waals surface area contributed by atoms with E-state index in [9.17, 15) is 0 Å². The number of hydrogen-bond acceptors (Lipinski definition) is 8. The van der Waals surface area contributed by atoms with Crippen LogP contribution in [0.25, 0.3) is 0 Å². The maximum absolute atomic E-state index is 6.03. The zero-order valence-electron chi connectivity index (χ0n) is 13.9. The summed E-state index contributed by atoms with van der Waals surface area (Å²) in [6, 6.07) is 7.27. The number of guanidine groups is 2. The van der Waals surface area contributed by atoms with Gasteiger partial charge in [0.25, 0.3) is 0 Å². The number of benzene rings is 1. The molecule has 7 nitrogen and oxygen atoms in total. The SMILES string of the molecule is NC1=NC2(CCSCC2)N(OCCCOc2ccc(Cl)cc2)C(N)=N1. The summed E-state index contributed by atoms with van der Waals surface area (Å²) in [4.78, 5) is 14.5. The Labute approximate surface area is 156 Å². The Morgan fingerprint density at radius 1 is 1.16 bits per heavy atom. The molecule has 3 rings (SSSR count). The van der Waals surface area contributed by atoms with Crippen LogP contribution in [-0.4, -0.2) is 47.4 Å². The summed E-state index contributed by atoms with van der Waals surface area (Å²) in [6.45, 7) is 0.981. The highest BCUT2D eigenvalue weighted by molar-refractivity contribution is 7.99. The minimum Gasteiger partial charge on any atom is -0.494 e. The zero-order valence-corrected chi connectivity index (χ0v) is 15.4. The second kappa shape index (κ2) is 8.16. The van der Waals surface area contributed by atoms with Gasteiger partial charge in [-0.15, -0.1) is 0 Å². The Bertz CT molecular complexity index is 646. The molecule has 2 heterocycles.